The molecule has 0 spiro atoms. The molecule has 1 aliphatic rings. The van der Waals surface area contributed by atoms with Crippen molar-refractivity contribution in [3.63, 3.8) is 0 Å². The molecule has 2 rings (SSSR count). The second kappa shape index (κ2) is 6.51. The number of hydrogen-bond acceptors (Lipinski definition) is 3. The molecule has 1 heterocycles. The van der Waals surface area contributed by atoms with Crippen molar-refractivity contribution in [1.29, 1.82) is 0 Å². The first kappa shape index (κ1) is 14.5. The van der Waals surface area contributed by atoms with Crippen LogP contribution in [0, 0.1) is 13.8 Å². The van der Waals surface area contributed by atoms with Crippen LogP contribution in [0.5, 0.6) is 0 Å². The van der Waals surface area contributed by atoms with Gasteiger partial charge in [-0.2, -0.15) is 0 Å². The fourth-order valence-electron chi connectivity index (χ4n) is 3.07. The second-order valence-corrected chi connectivity index (χ2v) is 5.49. The van der Waals surface area contributed by atoms with Crippen molar-refractivity contribution in [2.45, 2.75) is 39.3 Å². The van der Waals surface area contributed by atoms with Crippen molar-refractivity contribution >= 4 is 0 Å². The van der Waals surface area contributed by atoms with E-state index in [1.807, 2.05) is 0 Å². The van der Waals surface area contributed by atoms with Gasteiger partial charge in [-0.25, -0.2) is 0 Å². The maximum absolute atomic E-state index is 6.08. The Bertz CT molecular complexity index is 419. The number of benzene rings is 1. The summed E-state index contributed by atoms with van der Waals surface area (Å²) in [6.07, 6.45) is 1.11. The van der Waals surface area contributed by atoms with Gasteiger partial charge in [0.25, 0.3) is 0 Å². The van der Waals surface area contributed by atoms with Crippen LogP contribution in [0.1, 0.15) is 36.1 Å². The summed E-state index contributed by atoms with van der Waals surface area (Å²) in [5, 5.41) is 0. The lowest BCUT2D eigenvalue weighted by atomic mass is 9.96. The summed E-state index contributed by atoms with van der Waals surface area (Å²) in [7, 11) is 0. The molecule has 1 aromatic rings. The molecule has 1 saturated heterocycles. The Morgan fingerprint density at radius 1 is 1.42 bits per heavy atom. The summed E-state index contributed by atoms with van der Waals surface area (Å²) < 4.78 is 5.60. The largest absolute Gasteiger partial charge is 0.378 e. The van der Waals surface area contributed by atoms with E-state index in [0.29, 0.717) is 18.6 Å². The highest BCUT2D eigenvalue weighted by Gasteiger charge is 2.29. The van der Waals surface area contributed by atoms with Gasteiger partial charge in [-0.15, -0.1) is 0 Å². The Kier molecular flexibility index (Phi) is 4.97. The average Bonchev–Trinajstić information content (AvgIpc) is 2.42. The summed E-state index contributed by atoms with van der Waals surface area (Å²) in [5.74, 6) is 0. The van der Waals surface area contributed by atoms with Crippen LogP contribution in [0.15, 0.2) is 18.2 Å². The summed E-state index contributed by atoms with van der Waals surface area (Å²) >= 11 is 0. The SMILES string of the molecule is CCC1COCCN1C(CN)c1ccc(C)cc1C. The monoisotopic (exact) mass is 262 g/mol. The molecule has 1 aromatic carbocycles. The number of rotatable bonds is 4. The smallest absolute Gasteiger partial charge is 0.0622 e. The van der Waals surface area contributed by atoms with E-state index in [9.17, 15) is 0 Å². The van der Waals surface area contributed by atoms with Crippen molar-refractivity contribution in [3.05, 3.63) is 34.9 Å². The van der Waals surface area contributed by atoms with Crippen molar-refractivity contribution < 1.29 is 4.74 Å². The maximum atomic E-state index is 6.08. The summed E-state index contributed by atoms with van der Waals surface area (Å²) in [5.41, 5.74) is 10.1. The maximum Gasteiger partial charge on any atom is 0.0622 e. The molecule has 2 unspecified atom stereocenters. The Morgan fingerprint density at radius 2 is 2.21 bits per heavy atom. The number of ether oxygens (including phenoxy) is 1. The predicted molar refractivity (Wildman–Crippen MR) is 79.3 cm³/mol. The molecule has 0 aromatic heterocycles. The quantitative estimate of drug-likeness (QED) is 0.905. The Morgan fingerprint density at radius 3 is 2.84 bits per heavy atom. The van der Waals surface area contributed by atoms with Gasteiger partial charge in [0.15, 0.2) is 0 Å². The zero-order chi connectivity index (χ0) is 13.8. The van der Waals surface area contributed by atoms with Crippen LogP contribution in [0.3, 0.4) is 0 Å². The zero-order valence-corrected chi connectivity index (χ0v) is 12.4. The molecule has 1 fully saturated rings. The fraction of sp³-hybridized carbons (Fsp3) is 0.625. The minimum atomic E-state index is 0.314. The molecule has 3 nitrogen and oxygen atoms in total. The highest BCUT2D eigenvalue weighted by molar-refractivity contribution is 5.33. The number of nitrogens with two attached hydrogens (primary N) is 1. The van der Waals surface area contributed by atoms with Gasteiger partial charge in [-0.05, 0) is 31.4 Å². The lowest BCUT2D eigenvalue weighted by molar-refractivity contribution is -0.0292. The standard InChI is InChI=1S/C16H26N2O/c1-4-14-11-19-8-7-18(14)16(10-17)15-6-5-12(2)9-13(15)3/h5-6,9,14,16H,4,7-8,10-11,17H2,1-3H3. The number of nitrogens with zero attached hydrogens (tertiary/aromatic N) is 1. The highest BCUT2D eigenvalue weighted by atomic mass is 16.5. The highest BCUT2D eigenvalue weighted by Crippen LogP contribution is 2.28. The van der Waals surface area contributed by atoms with E-state index in [0.717, 1.165) is 26.2 Å². The molecule has 1 aliphatic heterocycles. The van der Waals surface area contributed by atoms with Gasteiger partial charge in [-0.3, -0.25) is 4.90 Å². The summed E-state index contributed by atoms with van der Waals surface area (Å²) in [6.45, 7) is 9.84. The van der Waals surface area contributed by atoms with Gasteiger partial charge in [0, 0.05) is 25.2 Å². The molecule has 3 heteroatoms. The van der Waals surface area contributed by atoms with Crippen LogP contribution in [0.2, 0.25) is 0 Å². The lowest BCUT2D eigenvalue weighted by Crippen LogP contribution is -2.48. The topological polar surface area (TPSA) is 38.5 Å². The van der Waals surface area contributed by atoms with Crippen LogP contribution >= 0.6 is 0 Å². The molecule has 2 N–H and O–H groups in total. The second-order valence-electron chi connectivity index (χ2n) is 5.49. The molecule has 0 radical (unpaired) electrons. The number of aryl methyl sites for hydroxylation is 2. The third-order valence-electron chi connectivity index (χ3n) is 4.15. The normalized spacial score (nSPS) is 22.4. The first-order valence-corrected chi connectivity index (χ1v) is 7.28. The Balaban J connectivity index is 2.27. The van der Waals surface area contributed by atoms with E-state index in [1.165, 1.54) is 16.7 Å². The first-order chi connectivity index (χ1) is 9.17. The molecule has 106 valence electrons. The molecule has 0 bridgehead atoms. The van der Waals surface area contributed by atoms with E-state index >= 15 is 0 Å². The van der Waals surface area contributed by atoms with Gasteiger partial charge < -0.3 is 10.5 Å². The fourth-order valence-corrected chi connectivity index (χ4v) is 3.07. The first-order valence-electron chi connectivity index (χ1n) is 7.28. The van der Waals surface area contributed by atoms with Gasteiger partial charge >= 0.3 is 0 Å². The lowest BCUT2D eigenvalue weighted by Gasteiger charge is -2.41. The van der Waals surface area contributed by atoms with Gasteiger partial charge in [0.05, 0.1) is 13.2 Å². The van der Waals surface area contributed by atoms with Gasteiger partial charge in [0.1, 0.15) is 0 Å². The average molecular weight is 262 g/mol. The molecule has 2 atom stereocenters. The third-order valence-corrected chi connectivity index (χ3v) is 4.15. The molecule has 0 amide bonds. The van der Waals surface area contributed by atoms with E-state index in [1.54, 1.807) is 0 Å². The van der Waals surface area contributed by atoms with E-state index in [2.05, 4.69) is 43.9 Å². The van der Waals surface area contributed by atoms with Crippen LogP contribution in [-0.4, -0.2) is 37.2 Å². The van der Waals surface area contributed by atoms with E-state index < -0.39 is 0 Å². The number of morpholine rings is 1. The third kappa shape index (κ3) is 3.16. The van der Waals surface area contributed by atoms with Crippen LogP contribution in [0.25, 0.3) is 0 Å². The van der Waals surface area contributed by atoms with Crippen LogP contribution in [-0.2, 0) is 4.74 Å². The summed E-state index contributed by atoms with van der Waals surface area (Å²) in [6, 6.07) is 7.48. The van der Waals surface area contributed by atoms with Crippen molar-refractivity contribution in [3.8, 4) is 0 Å². The predicted octanol–water partition coefficient (Wildman–Crippen LogP) is 2.41. The Labute approximate surface area is 116 Å². The Hall–Kier alpha value is -0.900. The minimum Gasteiger partial charge on any atom is -0.378 e. The molecule has 19 heavy (non-hydrogen) atoms. The van der Waals surface area contributed by atoms with Gasteiger partial charge in [-0.1, -0.05) is 30.7 Å². The van der Waals surface area contributed by atoms with E-state index in [-0.39, 0.29) is 0 Å². The van der Waals surface area contributed by atoms with Crippen molar-refractivity contribution in [2.75, 3.05) is 26.3 Å². The summed E-state index contributed by atoms with van der Waals surface area (Å²) in [4.78, 5) is 2.53. The molecule has 0 aliphatic carbocycles. The zero-order valence-electron chi connectivity index (χ0n) is 12.4. The van der Waals surface area contributed by atoms with Crippen molar-refractivity contribution in [1.82, 2.24) is 4.90 Å². The molecule has 0 saturated carbocycles. The van der Waals surface area contributed by atoms with Crippen molar-refractivity contribution in [2.24, 2.45) is 5.73 Å². The van der Waals surface area contributed by atoms with Crippen LogP contribution in [0.4, 0.5) is 0 Å². The molecular formula is C16H26N2O. The van der Waals surface area contributed by atoms with E-state index in [4.69, 9.17) is 10.5 Å². The number of hydrogen-bond donors (Lipinski definition) is 1. The molecular weight excluding hydrogens is 236 g/mol. The van der Waals surface area contributed by atoms with Crippen LogP contribution < -0.4 is 5.73 Å². The minimum absolute atomic E-state index is 0.314. The van der Waals surface area contributed by atoms with Gasteiger partial charge in [0.2, 0.25) is 0 Å².